The van der Waals surface area contributed by atoms with Gasteiger partial charge < -0.3 is 21.6 Å². The van der Waals surface area contributed by atoms with Crippen molar-refractivity contribution in [1.29, 1.82) is 0 Å². The lowest BCUT2D eigenvalue weighted by Crippen LogP contribution is -2.26. The third-order valence-electron chi connectivity index (χ3n) is 2.75. The second-order valence-electron chi connectivity index (χ2n) is 4.40. The standard InChI is InChI=1S/C14H13N7O/c15-13(16)21-14(17)19-9-4-1-3-8(7-9)12-20-11-10(22-12)5-2-6-18-11/h1-7H,(H6,15,16,17,19,21). The number of benzene rings is 1. The molecule has 2 aromatic heterocycles. The third-order valence-corrected chi connectivity index (χ3v) is 2.75. The quantitative estimate of drug-likeness (QED) is 0.477. The molecule has 1 aromatic carbocycles. The van der Waals surface area contributed by atoms with E-state index in [1.165, 1.54) is 0 Å². The van der Waals surface area contributed by atoms with E-state index in [-0.39, 0.29) is 11.9 Å². The van der Waals surface area contributed by atoms with E-state index in [0.29, 0.717) is 22.8 Å². The molecule has 0 saturated carbocycles. The summed E-state index contributed by atoms with van der Waals surface area (Å²) in [6.07, 6.45) is 1.66. The normalized spacial score (nSPS) is 11.5. The van der Waals surface area contributed by atoms with Crippen LogP contribution < -0.4 is 17.2 Å². The van der Waals surface area contributed by atoms with Crippen LogP contribution in [0.15, 0.2) is 57.0 Å². The van der Waals surface area contributed by atoms with Crippen LogP contribution in [0.2, 0.25) is 0 Å². The minimum absolute atomic E-state index is 0.0311. The molecular formula is C14H13N7O. The number of aromatic nitrogens is 2. The Hall–Kier alpha value is -3.42. The largest absolute Gasteiger partial charge is 0.434 e. The zero-order chi connectivity index (χ0) is 15.5. The van der Waals surface area contributed by atoms with Gasteiger partial charge in [0.2, 0.25) is 11.9 Å². The van der Waals surface area contributed by atoms with E-state index in [1.54, 1.807) is 36.5 Å². The molecule has 8 heteroatoms. The van der Waals surface area contributed by atoms with E-state index in [4.69, 9.17) is 21.6 Å². The molecule has 8 nitrogen and oxygen atoms in total. The smallest absolute Gasteiger partial charge is 0.228 e. The van der Waals surface area contributed by atoms with Crippen LogP contribution in [-0.4, -0.2) is 21.9 Å². The first kappa shape index (κ1) is 13.6. The number of hydrogen-bond acceptors (Lipinski definition) is 4. The van der Waals surface area contributed by atoms with Crippen molar-refractivity contribution < 1.29 is 4.42 Å². The van der Waals surface area contributed by atoms with Gasteiger partial charge in [-0.15, -0.1) is 0 Å². The van der Waals surface area contributed by atoms with Crippen LogP contribution in [0.3, 0.4) is 0 Å². The van der Waals surface area contributed by atoms with Crippen LogP contribution in [0, 0.1) is 0 Å². The van der Waals surface area contributed by atoms with Crippen molar-refractivity contribution in [3.63, 3.8) is 0 Å². The minimum Gasteiger partial charge on any atom is -0.434 e. The average molecular weight is 295 g/mol. The number of fused-ring (bicyclic) bond motifs is 1. The number of guanidine groups is 2. The molecule has 110 valence electrons. The van der Waals surface area contributed by atoms with Gasteiger partial charge in [0.25, 0.3) is 0 Å². The number of nitrogens with zero attached hydrogens (tertiary/aromatic N) is 4. The zero-order valence-corrected chi connectivity index (χ0v) is 11.5. The highest BCUT2D eigenvalue weighted by atomic mass is 16.3. The van der Waals surface area contributed by atoms with Gasteiger partial charge in [0, 0.05) is 11.8 Å². The Morgan fingerprint density at radius 2 is 1.95 bits per heavy atom. The van der Waals surface area contributed by atoms with Crippen molar-refractivity contribution in [2.75, 3.05) is 0 Å². The molecule has 3 rings (SSSR count). The number of rotatable bonds is 2. The summed E-state index contributed by atoms with van der Waals surface area (Å²) in [5.74, 6) is 0.268. The molecular weight excluding hydrogens is 282 g/mol. The Balaban J connectivity index is 1.99. The van der Waals surface area contributed by atoms with Crippen molar-refractivity contribution >= 4 is 28.8 Å². The maximum absolute atomic E-state index is 5.66. The molecule has 0 spiro atoms. The lowest BCUT2D eigenvalue weighted by atomic mass is 10.2. The van der Waals surface area contributed by atoms with Gasteiger partial charge in [-0.1, -0.05) is 6.07 Å². The summed E-state index contributed by atoms with van der Waals surface area (Å²) in [5.41, 5.74) is 18.6. The molecule has 0 saturated heterocycles. The topological polar surface area (TPSA) is 142 Å². The summed E-state index contributed by atoms with van der Waals surface area (Å²) < 4.78 is 5.66. The van der Waals surface area contributed by atoms with Gasteiger partial charge in [-0.05, 0) is 30.3 Å². The highest BCUT2D eigenvalue weighted by Gasteiger charge is 2.09. The lowest BCUT2D eigenvalue weighted by Gasteiger charge is -1.99. The molecule has 0 atom stereocenters. The number of nitrogens with two attached hydrogens (primary N) is 3. The summed E-state index contributed by atoms with van der Waals surface area (Å²) in [5, 5.41) is 0. The Bertz CT molecular complexity index is 845. The SMILES string of the molecule is NC(N)=NC(N)=Nc1cccc(-c2nc3ncccc3o2)c1. The minimum atomic E-state index is -0.151. The Kier molecular flexibility index (Phi) is 3.40. The molecule has 0 amide bonds. The predicted molar refractivity (Wildman–Crippen MR) is 84.3 cm³/mol. The highest BCUT2D eigenvalue weighted by Crippen LogP contribution is 2.26. The van der Waals surface area contributed by atoms with Gasteiger partial charge in [-0.25, -0.2) is 9.98 Å². The molecule has 0 fully saturated rings. The first-order chi connectivity index (χ1) is 10.6. The fourth-order valence-corrected chi connectivity index (χ4v) is 1.89. The summed E-state index contributed by atoms with van der Waals surface area (Å²) in [7, 11) is 0. The second-order valence-corrected chi connectivity index (χ2v) is 4.40. The van der Waals surface area contributed by atoms with Crippen LogP contribution in [0.25, 0.3) is 22.7 Å². The maximum Gasteiger partial charge on any atom is 0.228 e. The van der Waals surface area contributed by atoms with Crippen molar-refractivity contribution in [1.82, 2.24) is 9.97 Å². The van der Waals surface area contributed by atoms with Crippen LogP contribution >= 0.6 is 0 Å². The Morgan fingerprint density at radius 3 is 2.73 bits per heavy atom. The molecule has 22 heavy (non-hydrogen) atoms. The Labute approximate surface area is 125 Å². The first-order valence-electron chi connectivity index (χ1n) is 6.37. The molecule has 0 aliphatic carbocycles. The monoisotopic (exact) mass is 295 g/mol. The van der Waals surface area contributed by atoms with Gasteiger partial charge in [0.15, 0.2) is 17.2 Å². The summed E-state index contributed by atoms with van der Waals surface area (Å²) in [6, 6.07) is 10.8. The van der Waals surface area contributed by atoms with Gasteiger partial charge in [0.1, 0.15) is 0 Å². The van der Waals surface area contributed by atoms with Crippen LogP contribution in [0.4, 0.5) is 5.69 Å². The number of hydrogen-bond donors (Lipinski definition) is 3. The third kappa shape index (κ3) is 2.85. The van der Waals surface area contributed by atoms with Crippen molar-refractivity contribution in [2.24, 2.45) is 27.2 Å². The first-order valence-corrected chi connectivity index (χ1v) is 6.37. The average Bonchev–Trinajstić information content (AvgIpc) is 2.90. The fourth-order valence-electron chi connectivity index (χ4n) is 1.89. The molecule has 0 unspecified atom stereocenters. The van der Waals surface area contributed by atoms with E-state index >= 15 is 0 Å². The molecule has 6 N–H and O–H groups in total. The van der Waals surface area contributed by atoms with Gasteiger partial charge in [-0.3, -0.25) is 0 Å². The number of aliphatic imine (C=N–C) groups is 2. The van der Waals surface area contributed by atoms with E-state index < -0.39 is 0 Å². The molecule has 2 heterocycles. The Morgan fingerprint density at radius 1 is 1.09 bits per heavy atom. The van der Waals surface area contributed by atoms with Gasteiger partial charge in [0.05, 0.1) is 5.69 Å². The lowest BCUT2D eigenvalue weighted by molar-refractivity contribution is 0.619. The number of oxazole rings is 1. The van der Waals surface area contributed by atoms with Gasteiger partial charge >= 0.3 is 0 Å². The predicted octanol–water partition coefficient (Wildman–Crippen LogP) is 1.11. The molecule has 0 aliphatic rings. The maximum atomic E-state index is 5.66. The summed E-state index contributed by atoms with van der Waals surface area (Å²) in [6.45, 7) is 0. The van der Waals surface area contributed by atoms with E-state index in [9.17, 15) is 0 Å². The molecule has 0 radical (unpaired) electrons. The van der Waals surface area contributed by atoms with Crippen LogP contribution in [0.1, 0.15) is 0 Å². The second kappa shape index (κ2) is 5.52. The van der Waals surface area contributed by atoms with Crippen LogP contribution in [0.5, 0.6) is 0 Å². The number of pyridine rings is 1. The summed E-state index contributed by atoms with van der Waals surface area (Å²) >= 11 is 0. The van der Waals surface area contributed by atoms with Gasteiger partial charge in [-0.2, -0.15) is 9.98 Å². The van der Waals surface area contributed by atoms with E-state index in [0.717, 1.165) is 5.56 Å². The van der Waals surface area contributed by atoms with Crippen LogP contribution in [-0.2, 0) is 0 Å². The molecule has 3 aromatic rings. The van der Waals surface area contributed by atoms with E-state index in [1.807, 2.05) is 6.07 Å². The van der Waals surface area contributed by atoms with Crippen molar-refractivity contribution in [2.45, 2.75) is 0 Å². The van der Waals surface area contributed by atoms with E-state index in [2.05, 4.69) is 20.0 Å². The zero-order valence-electron chi connectivity index (χ0n) is 11.5. The molecule has 0 aliphatic heterocycles. The molecule has 0 bridgehead atoms. The van der Waals surface area contributed by atoms with Crippen molar-refractivity contribution in [3.05, 3.63) is 42.6 Å². The van der Waals surface area contributed by atoms with Crippen molar-refractivity contribution in [3.8, 4) is 11.5 Å². The highest BCUT2D eigenvalue weighted by molar-refractivity contribution is 5.93. The summed E-state index contributed by atoms with van der Waals surface area (Å²) in [4.78, 5) is 16.2. The fraction of sp³-hybridized carbons (Fsp3) is 0.